The van der Waals surface area contributed by atoms with E-state index in [4.69, 9.17) is 5.73 Å². The van der Waals surface area contributed by atoms with E-state index < -0.39 is 0 Å². The van der Waals surface area contributed by atoms with Crippen LogP contribution in [0.4, 0.5) is 0 Å². The van der Waals surface area contributed by atoms with E-state index in [2.05, 4.69) is 11.1 Å². The van der Waals surface area contributed by atoms with Crippen molar-refractivity contribution in [2.24, 2.45) is 5.73 Å². The zero-order valence-corrected chi connectivity index (χ0v) is 6.70. The second-order valence-corrected chi connectivity index (χ2v) is 2.31. The Bertz CT molecular complexity index is 237. The normalized spacial score (nSPS) is 11.1. The molecular weight excluding hydrogens is 138 g/mol. The van der Waals surface area contributed by atoms with Crippen LogP contribution in [0.5, 0.6) is 0 Å². The third kappa shape index (κ3) is 1.91. The molecule has 0 aromatic carbocycles. The molecule has 0 unspecified atom stereocenters. The number of hydrogen-bond donors (Lipinski definition) is 1. The van der Waals surface area contributed by atoms with E-state index in [1.54, 1.807) is 12.5 Å². The van der Waals surface area contributed by atoms with Crippen molar-refractivity contribution in [1.82, 2.24) is 9.55 Å². The molecule has 0 fully saturated rings. The maximum absolute atomic E-state index is 5.48. The average molecular weight is 151 g/mol. The summed E-state index contributed by atoms with van der Waals surface area (Å²) in [6.45, 7) is 3.42. The molecular formula is C8H13N3. The zero-order chi connectivity index (χ0) is 8.10. The highest BCUT2D eigenvalue weighted by atomic mass is 15.0. The summed E-state index contributed by atoms with van der Waals surface area (Å²) >= 11 is 0. The molecule has 0 bridgehead atoms. The van der Waals surface area contributed by atoms with Crippen LogP contribution in [0.3, 0.4) is 0 Å². The van der Waals surface area contributed by atoms with Gasteiger partial charge >= 0.3 is 0 Å². The molecule has 1 aromatic heterocycles. The third-order valence-electron chi connectivity index (χ3n) is 1.55. The van der Waals surface area contributed by atoms with E-state index in [1.165, 1.54) is 0 Å². The van der Waals surface area contributed by atoms with Crippen LogP contribution in [0, 0.1) is 0 Å². The zero-order valence-electron chi connectivity index (χ0n) is 6.70. The summed E-state index contributed by atoms with van der Waals surface area (Å²) in [6.07, 6.45) is 7.67. The first-order valence-corrected chi connectivity index (χ1v) is 3.68. The molecule has 0 radical (unpaired) electrons. The SMILES string of the molecule is C/C=C/Cn1cncc1CN. The Morgan fingerprint density at radius 2 is 2.55 bits per heavy atom. The van der Waals surface area contributed by atoms with Crippen molar-refractivity contribution in [2.75, 3.05) is 0 Å². The second kappa shape index (κ2) is 3.93. The standard InChI is InChI=1S/C8H13N3/c1-2-3-4-11-7-10-6-8(11)5-9/h2-3,6-7H,4-5,9H2,1H3/b3-2+. The van der Waals surface area contributed by atoms with Crippen molar-refractivity contribution in [2.45, 2.75) is 20.0 Å². The van der Waals surface area contributed by atoms with Gasteiger partial charge in [-0.15, -0.1) is 0 Å². The lowest BCUT2D eigenvalue weighted by Gasteiger charge is -2.00. The van der Waals surface area contributed by atoms with Gasteiger partial charge in [0.05, 0.1) is 12.0 Å². The predicted octanol–water partition coefficient (Wildman–Crippen LogP) is 0.918. The van der Waals surface area contributed by atoms with Crippen LogP contribution < -0.4 is 5.73 Å². The quantitative estimate of drug-likeness (QED) is 0.653. The minimum Gasteiger partial charge on any atom is -0.330 e. The molecule has 0 amide bonds. The summed E-state index contributed by atoms with van der Waals surface area (Å²) in [6, 6.07) is 0. The number of allylic oxidation sites excluding steroid dienone is 2. The maximum Gasteiger partial charge on any atom is 0.0951 e. The van der Waals surface area contributed by atoms with Crippen molar-refractivity contribution in [3.05, 3.63) is 30.4 Å². The van der Waals surface area contributed by atoms with Crippen molar-refractivity contribution in [1.29, 1.82) is 0 Å². The smallest absolute Gasteiger partial charge is 0.0951 e. The Hall–Kier alpha value is -1.09. The van der Waals surface area contributed by atoms with Gasteiger partial charge < -0.3 is 10.3 Å². The topological polar surface area (TPSA) is 43.8 Å². The molecule has 1 rings (SSSR count). The van der Waals surface area contributed by atoms with Crippen molar-refractivity contribution < 1.29 is 0 Å². The molecule has 3 nitrogen and oxygen atoms in total. The molecule has 3 heteroatoms. The number of nitrogens with two attached hydrogens (primary N) is 1. The average Bonchev–Trinajstić information content (AvgIpc) is 2.47. The first-order chi connectivity index (χ1) is 5.38. The van der Waals surface area contributed by atoms with Crippen molar-refractivity contribution in [3.63, 3.8) is 0 Å². The van der Waals surface area contributed by atoms with E-state index in [0.29, 0.717) is 6.54 Å². The lowest BCUT2D eigenvalue weighted by molar-refractivity contribution is 0.755. The van der Waals surface area contributed by atoms with Gasteiger partial charge in [0.2, 0.25) is 0 Å². The van der Waals surface area contributed by atoms with Crippen molar-refractivity contribution in [3.8, 4) is 0 Å². The van der Waals surface area contributed by atoms with Crippen LogP contribution in [0.25, 0.3) is 0 Å². The molecule has 0 saturated heterocycles. The van der Waals surface area contributed by atoms with Gasteiger partial charge in [0, 0.05) is 19.3 Å². The number of rotatable bonds is 3. The van der Waals surface area contributed by atoms with Crippen LogP contribution in [0.2, 0.25) is 0 Å². The minimum atomic E-state index is 0.553. The van der Waals surface area contributed by atoms with E-state index in [1.807, 2.05) is 17.6 Å². The number of aromatic nitrogens is 2. The lowest BCUT2D eigenvalue weighted by Crippen LogP contribution is -2.05. The predicted molar refractivity (Wildman–Crippen MR) is 44.9 cm³/mol. The van der Waals surface area contributed by atoms with Gasteiger partial charge in [-0.05, 0) is 6.92 Å². The molecule has 0 spiro atoms. The van der Waals surface area contributed by atoms with Gasteiger partial charge in [-0.1, -0.05) is 12.2 Å². The molecule has 0 atom stereocenters. The Morgan fingerprint density at radius 1 is 1.73 bits per heavy atom. The van der Waals surface area contributed by atoms with Crippen LogP contribution in [0.1, 0.15) is 12.6 Å². The van der Waals surface area contributed by atoms with Gasteiger partial charge in [0.15, 0.2) is 0 Å². The molecule has 11 heavy (non-hydrogen) atoms. The van der Waals surface area contributed by atoms with Crippen molar-refractivity contribution >= 4 is 0 Å². The summed E-state index contributed by atoms with van der Waals surface area (Å²) in [7, 11) is 0. The largest absolute Gasteiger partial charge is 0.330 e. The minimum absolute atomic E-state index is 0.553. The number of imidazole rings is 1. The fourth-order valence-electron chi connectivity index (χ4n) is 0.901. The Balaban J connectivity index is 2.68. The summed E-state index contributed by atoms with van der Waals surface area (Å²) in [5.41, 5.74) is 6.55. The van der Waals surface area contributed by atoms with E-state index in [9.17, 15) is 0 Å². The van der Waals surface area contributed by atoms with Crippen LogP contribution in [0.15, 0.2) is 24.7 Å². The first kappa shape index (κ1) is 8.01. The van der Waals surface area contributed by atoms with Crippen LogP contribution >= 0.6 is 0 Å². The fraction of sp³-hybridized carbons (Fsp3) is 0.375. The fourth-order valence-corrected chi connectivity index (χ4v) is 0.901. The van der Waals surface area contributed by atoms with Gasteiger partial charge in [-0.2, -0.15) is 0 Å². The summed E-state index contributed by atoms with van der Waals surface area (Å²) < 4.78 is 2.03. The molecule has 2 N–H and O–H groups in total. The highest BCUT2D eigenvalue weighted by Crippen LogP contribution is 1.97. The Kier molecular flexibility index (Phi) is 2.86. The lowest BCUT2D eigenvalue weighted by atomic mass is 10.4. The molecule has 1 aromatic rings. The number of nitrogens with zero attached hydrogens (tertiary/aromatic N) is 2. The number of hydrogen-bond acceptors (Lipinski definition) is 2. The van der Waals surface area contributed by atoms with E-state index in [-0.39, 0.29) is 0 Å². The monoisotopic (exact) mass is 151 g/mol. The highest BCUT2D eigenvalue weighted by molar-refractivity contribution is 4.98. The van der Waals surface area contributed by atoms with Crippen LogP contribution in [-0.2, 0) is 13.1 Å². The maximum atomic E-state index is 5.48. The molecule has 0 saturated carbocycles. The Labute approximate surface area is 66.5 Å². The summed E-state index contributed by atoms with van der Waals surface area (Å²) in [4.78, 5) is 3.99. The van der Waals surface area contributed by atoms with E-state index in [0.717, 1.165) is 12.2 Å². The molecule has 0 aliphatic rings. The third-order valence-corrected chi connectivity index (χ3v) is 1.55. The summed E-state index contributed by atoms with van der Waals surface area (Å²) in [5.74, 6) is 0. The molecule has 0 aliphatic heterocycles. The van der Waals surface area contributed by atoms with Gasteiger partial charge in [-0.3, -0.25) is 0 Å². The van der Waals surface area contributed by atoms with Gasteiger partial charge in [-0.25, -0.2) is 4.98 Å². The Morgan fingerprint density at radius 3 is 3.18 bits per heavy atom. The first-order valence-electron chi connectivity index (χ1n) is 3.68. The highest BCUT2D eigenvalue weighted by Gasteiger charge is 1.95. The summed E-state index contributed by atoms with van der Waals surface area (Å²) in [5, 5.41) is 0. The van der Waals surface area contributed by atoms with Crippen LogP contribution in [-0.4, -0.2) is 9.55 Å². The van der Waals surface area contributed by atoms with Gasteiger partial charge in [0.1, 0.15) is 0 Å². The second-order valence-electron chi connectivity index (χ2n) is 2.31. The van der Waals surface area contributed by atoms with E-state index >= 15 is 0 Å². The van der Waals surface area contributed by atoms with Gasteiger partial charge in [0.25, 0.3) is 0 Å². The molecule has 0 aliphatic carbocycles. The molecule has 1 heterocycles. The molecule has 60 valence electrons.